The Kier molecular flexibility index (Phi) is 5.07. The van der Waals surface area contributed by atoms with Crippen molar-refractivity contribution in [2.24, 2.45) is 10.9 Å². The van der Waals surface area contributed by atoms with Crippen LogP contribution < -0.4 is 15.5 Å². The van der Waals surface area contributed by atoms with E-state index in [4.69, 9.17) is 19.6 Å². The molecule has 1 aliphatic heterocycles. The highest BCUT2D eigenvalue weighted by Gasteiger charge is 2.36. The first-order chi connectivity index (χ1) is 14.3. The molecular formula is C21H25FN6O2. The lowest BCUT2D eigenvalue weighted by Crippen LogP contribution is -2.31. The van der Waals surface area contributed by atoms with Crippen LogP contribution in [0.2, 0.25) is 0 Å². The number of nitrogens with zero attached hydrogens (tertiary/aromatic N) is 4. The van der Waals surface area contributed by atoms with Gasteiger partial charge in [-0.3, -0.25) is 0 Å². The van der Waals surface area contributed by atoms with Gasteiger partial charge in [0, 0.05) is 17.7 Å². The Bertz CT molecular complexity index is 1110. The Balaban J connectivity index is 1.65. The number of hydrogen-bond donors (Lipinski definition) is 2. The maximum Gasteiger partial charge on any atom is 0.187 e. The van der Waals surface area contributed by atoms with E-state index in [9.17, 15) is 4.39 Å². The van der Waals surface area contributed by atoms with Crippen molar-refractivity contribution in [2.75, 3.05) is 12.4 Å². The largest absolute Gasteiger partial charge is 0.496 e. The number of ether oxygens (including phenoxy) is 1. The van der Waals surface area contributed by atoms with E-state index < -0.39 is 5.72 Å². The van der Waals surface area contributed by atoms with Crippen LogP contribution in [0.1, 0.15) is 44.9 Å². The Morgan fingerprint density at radius 3 is 2.77 bits per heavy atom. The van der Waals surface area contributed by atoms with Gasteiger partial charge in [0.15, 0.2) is 17.2 Å². The second-order valence-corrected chi connectivity index (χ2v) is 7.77. The highest BCUT2D eigenvalue weighted by atomic mass is 19.1. The molecule has 3 heterocycles. The van der Waals surface area contributed by atoms with Crippen LogP contribution in [0, 0.1) is 11.7 Å². The Morgan fingerprint density at radius 1 is 1.27 bits per heavy atom. The number of hydrogen-bond acceptors (Lipinski definition) is 7. The van der Waals surface area contributed by atoms with E-state index in [2.05, 4.69) is 15.9 Å². The molecule has 1 aromatic carbocycles. The summed E-state index contributed by atoms with van der Waals surface area (Å²) in [6, 6.07) is 6.03. The topological polar surface area (TPSA) is 85.1 Å². The van der Waals surface area contributed by atoms with Crippen LogP contribution in [0.25, 0.3) is 5.65 Å². The molecule has 0 saturated carbocycles. The summed E-state index contributed by atoms with van der Waals surface area (Å²) in [5, 5.41) is 7.66. The zero-order chi connectivity index (χ0) is 21.5. The number of methoxy groups -OCH3 is 1. The molecule has 0 aliphatic carbocycles. The lowest BCUT2D eigenvalue weighted by atomic mass is 10.0. The molecule has 0 saturated heterocycles. The molecular weight excluding hydrogens is 387 g/mol. The minimum atomic E-state index is -0.651. The highest BCUT2D eigenvalue weighted by molar-refractivity contribution is 6.03. The van der Waals surface area contributed by atoms with Crippen molar-refractivity contribution in [2.45, 2.75) is 39.5 Å². The van der Waals surface area contributed by atoms with Gasteiger partial charge in [-0.1, -0.05) is 13.8 Å². The van der Waals surface area contributed by atoms with Gasteiger partial charge in [-0.15, -0.1) is 0 Å². The molecule has 0 amide bonds. The van der Waals surface area contributed by atoms with Crippen LogP contribution in [0.5, 0.6) is 5.75 Å². The van der Waals surface area contributed by atoms with E-state index >= 15 is 0 Å². The molecule has 158 valence electrons. The van der Waals surface area contributed by atoms with Crippen molar-refractivity contribution in [3.8, 4) is 5.75 Å². The summed E-state index contributed by atoms with van der Waals surface area (Å²) >= 11 is 0. The number of anilines is 1. The molecule has 8 nitrogen and oxygen atoms in total. The molecule has 1 unspecified atom stereocenters. The van der Waals surface area contributed by atoms with Crippen LogP contribution >= 0.6 is 0 Å². The quantitative estimate of drug-likeness (QED) is 0.642. The van der Waals surface area contributed by atoms with Gasteiger partial charge in [0.05, 0.1) is 24.9 Å². The molecule has 9 heteroatoms. The first kappa shape index (κ1) is 20.1. The summed E-state index contributed by atoms with van der Waals surface area (Å²) in [6.07, 6.45) is 3.51. The summed E-state index contributed by atoms with van der Waals surface area (Å²) in [4.78, 5) is 15.1. The fraction of sp³-hybridized carbons (Fsp3) is 0.381. The van der Waals surface area contributed by atoms with Crippen molar-refractivity contribution in [3.63, 3.8) is 0 Å². The van der Waals surface area contributed by atoms with E-state index in [-0.39, 0.29) is 17.8 Å². The first-order valence-corrected chi connectivity index (χ1v) is 9.79. The fourth-order valence-electron chi connectivity index (χ4n) is 3.24. The van der Waals surface area contributed by atoms with Gasteiger partial charge < -0.3 is 10.1 Å². The van der Waals surface area contributed by atoms with Gasteiger partial charge >= 0.3 is 0 Å². The number of rotatable bonds is 6. The number of nitrogens with one attached hydrogen (secondary N) is 2. The monoisotopic (exact) mass is 412 g/mol. The van der Waals surface area contributed by atoms with Crippen molar-refractivity contribution in [1.29, 1.82) is 0 Å². The van der Waals surface area contributed by atoms with E-state index in [0.717, 1.165) is 5.56 Å². The van der Waals surface area contributed by atoms with E-state index in [1.54, 1.807) is 23.9 Å². The third-order valence-corrected chi connectivity index (χ3v) is 5.41. The number of aliphatic imine (C=N–C) groups is 1. The van der Waals surface area contributed by atoms with Gasteiger partial charge in [-0.2, -0.15) is 5.10 Å². The lowest BCUT2D eigenvalue weighted by molar-refractivity contribution is -0.0710. The highest BCUT2D eigenvalue weighted by Crippen LogP contribution is 2.29. The summed E-state index contributed by atoms with van der Waals surface area (Å²) in [5.41, 5.74) is 4.32. The van der Waals surface area contributed by atoms with Gasteiger partial charge in [0.1, 0.15) is 17.4 Å². The molecule has 30 heavy (non-hydrogen) atoms. The molecule has 0 fully saturated rings. The predicted molar refractivity (Wildman–Crippen MR) is 112 cm³/mol. The average Bonchev–Trinajstić information content (AvgIpc) is 3.32. The number of aromatic nitrogens is 3. The lowest BCUT2D eigenvalue weighted by Gasteiger charge is -2.22. The number of benzene rings is 1. The molecule has 0 radical (unpaired) electrons. The Labute approximate surface area is 174 Å². The molecule has 2 aromatic heterocycles. The maximum atomic E-state index is 13.8. The predicted octanol–water partition coefficient (Wildman–Crippen LogP) is 3.70. The fourth-order valence-corrected chi connectivity index (χ4v) is 3.24. The molecule has 2 N–H and O–H groups in total. The zero-order valence-electron chi connectivity index (χ0n) is 17.6. The summed E-state index contributed by atoms with van der Waals surface area (Å²) < 4.78 is 20.8. The second-order valence-electron chi connectivity index (χ2n) is 7.77. The molecule has 2 atom stereocenters. The van der Waals surface area contributed by atoms with Crippen molar-refractivity contribution < 1.29 is 14.0 Å². The SMILES string of the molecule is COc1ccc(F)cc1[C@@H](C)Nc1ccn2ncc(C3=NC(C)(C(C)C)ON3)c2n1. The average molecular weight is 412 g/mol. The second kappa shape index (κ2) is 7.56. The van der Waals surface area contributed by atoms with Gasteiger partial charge in [-0.25, -0.2) is 29.2 Å². The molecule has 3 aromatic rings. The van der Waals surface area contributed by atoms with Crippen LogP contribution in [0.3, 0.4) is 0 Å². The maximum absolute atomic E-state index is 13.8. The first-order valence-electron chi connectivity index (χ1n) is 9.79. The summed E-state index contributed by atoms with van der Waals surface area (Å²) in [6.45, 7) is 7.95. The van der Waals surface area contributed by atoms with Crippen molar-refractivity contribution >= 4 is 17.3 Å². The minimum Gasteiger partial charge on any atom is -0.496 e. The van der Waals surface area contributed by atoms with Gasteiger partial charge in [0.2, 0.25) is 0 Å². The normalized spacial score (nSPS) is 19.6. The summed E-state index contributed by atoms with van der Waals surface area (Å²) in [7, 11) is 1.56. The van der Waals surface area contributed by atoms with Crippen LogP contribution in [0.15, 0.2) is 41.7 Å². The Hall–Kier alpha value is -3.20. The zero-order valence-corrected chi connectivity index (χ0v) is 17.6. The third kappa shape index (κ3) is 3.56. The smallest absolute Gasteiger partial charge is 0.187 e. The van der Waals surface area contributed by atoms with Crippen LogP contribution in [-0.2, 0) is 4.84 Å². The van der Waals surface area contributed by atoms with Crippen molar-refractivity contribution in [3.05, 3.63) is 53.6 Å². The van der Waals surface area contributed by atoms with Gasteiger partial charge in [0.25, 0.3) is 0 Å². The number of fused-ring (bicyclic) bond motifs is 1. The minimum absolute atomic E-state index is 0.191. The molecule has 1 aliphatic rings. The standard InChI is InChI=1S/C21H25FN6O2/c1-12(2)21(4)26-19(27-30-21)16-11-23-28-9-8-18(25-20(16)28)24-13(3)15-10-14(22)6-7-17(15)29-5/h6-13H,1-5H3,(H,24,25)(H,26,27)/t13-,21?/m1/s1. The van der Waals surface area contributed by atoms with Crippen molar-refractivity contribution in [1.82, 2.24) is 20.1 Å². The number of hydroxylamine groups is 1. The molecule has 0 spiro atoms. The Morgan fingerprint density at radius 2 is 2.07 bits per heavy atom. The number of halogens is 1. The third-order valence-electron chi connectivity index (χ3n) is 5.41. The van der Waals surface area contributed by atoms with E-state index in [0.29, 0.717) is 28.6 Å². The van der Waals surface area contributed by atoms with Gasteiger partial charge in [-0.05, 0) is 38.1 Å². The van der Waals surface area contributed by atoms with Crippen LogP contribution in [0.4, 0.5) is 10.2 Å². The molecule has 0 bridgehead atoms. The van der Waals surface area contributed by atoms with E-state index in [1.165, 1.54) is 12.1 Å². The number of amidine groups is 1. The van der Waals surface area contributed by atoms with E-state index in [1.807, 2.05) is 40.0 Å². The van der Waals surface area contributed by atoms with Crippen LogP contribution in [-0.4, -0.2) is 33.3 Å². The summed E-state index contributed by atoms with van der Waals surface area (Å²) in [5.74, 6) is 1.69. The molecule has 4 rings (SSSR count).